The predicted molar refractivity (Wildman–Crippen MR) is 122 cm³/mol. The molecule has 0 aromatic heterocycles. The van der Waals surface area contributed by atoms with Crippen LogP contribution >= 0.6 is 0 Å². The van der Waals surface area contributed by atoms with Gasteiger partial charge in [0, 0.05) is 12.5 Å². The molecule has 35 heavy (non-hydrogen) atoms. The molecule has 0 bridgehead atoms. The zero-order valence-electron chi connectivity index (χ0n) is 20.0. The van der Waals surface area contributed by atoms with Crippen molar-refractivity contribution >= 4 is 0 Å². The summed E-state index contributed by atoms with van der Waals surface area (Å²) in [5, 5.41) is 52.9. The summed E-state index contributed by atoms with van der Waals surface area (Å²) in [7, 11) is 3.27. The average molecular weight is 501 g/mol. The number of aliphatic hydroxyl groups is 4. The molecule has 2 aliphatic heterocycles. The fourth-order valence-electron chi connectivity index (χ4n) is 5.43. The van der Waals surface area contributed by atoms with Crippen LogP contribution in [0.5, 0.6) is 0 Å². The molecule has 1 aromatic carbocycles. The van der Waals surface area contributed by atoms with E-state index in [1.807, 2.05) is 0 Å². The summed E-state index contributed by atoms with van der Waals surface area (Å²) in [6.07, 6.45) is -6.31. The molecule has 12 atom stereocenters. The number of likely N-dealkylation sites (N-methyl/N-ethyl adjacent to an activating group) is 2. The molecule has 3 fully saturated rings. The van der Waals surface area contributed by atoms with E-state index in [0.29, 0.717) is 5.56 Å². The highest BCUT2D eigenvalue weighted by Crippen LogP contribution is 2.42. The maximum Gasteiger partial charge on any atom is 0.234 e. The number of hydrogen-bond acceptors (Lipinski definition) is 11. The van der Waals surface area contributed by atoms with Gasteiger partial charge in [0.2, 0.25) is 12.1 Å². The van der Waals surface area contributed by atoms with Crippen LogP contribution in [0.25, 0.3) is 0 Å². The molecule has 12 heteroatoms. The zero-order valence-corrected chi connectivity index (χ0v) is 20.0. The van der Waals surface area contributed by atoms with Crippen LogP contribution in [-0.2, 0) is 14.2 Å². The lowest BCUT2D eigenvalue weighted by Crippen LogP contribution is -2.79. The minimum atomic E-state index is -2.02. The number of aliphatic hydroxyl groups excluding tert-OH is 3. The third kappa shape index (κ3) is 5.11. The highest BCUT2D eigenvalue weighted by Gasteiger charge is 2.63. The molecular weight excluding hydrogens is 463 g/mol. The van der Waals surface area contributed by atoms with E-state index in [4.69, 9.17) is 19.9 Å². The number of nitrogens with two attached hydrogens (primary N) is 1. The lowest BCUT2D eigenvalue weighted by Gasteiger charge is -2.58. The quantitative estimate of drug-likeness (QED) is 0.195. The molecule has 11 nitrogen and oxygen atoms in total. The first-order valence-corrected chi connectivity index (χ1v) is 12.0. The Bertz CT molecular complexity index is 854. The maximum atomic E-state index is 13.2. The lowest BCUT2D eigenvalue weighted by atomic mass is 9.79. The molecule has 1 aliphatic carbocycles. The van der Waals surface area contributed by atoms with Crippen molar-refractivity contribution in [3.8, 4) is 0 Å². The van der Waals surface area contributed by atoms with E-state index in [9.17, 15) is 24.8 Å². The van der Waals surface area contributed by atoms with Crippen LogP contribution in [-0.4, -0.2) is 101 Å². The van der Waals surface area contributed by atoms with Crippen molar-refractivity contribution in [1.29, 1.82) is 0 Å². The van der Waals surface area contributed by atoms with Crippen LogP contribution in [0.4, 0.5) is 4.39 Å². The van der Waals surface area contributed by atoms with Crippen LogP contribution in [0.3, 0.4) is 0 Å². The topological polar surface area (TPSA) is 171 Å². The van der Waals surface area contributed by atoms with E-state index in [1.165, 1.54) is 12.1 Å². The van der Waals surface area contributed by atoms with Crippen molar-refractivity contribution in [3.63, 3.8) is 0 Å². The Hall–Kier alpha value is -1.29. The summed E-state index contributed by atoms with van der Waals surface area (Å²) in [6.45, 7) is 1.80. The third-order valence-corrected chi connectivity index (χ3v) is 7.32. The van der Waals surface area contributed by atoms with Crippen molar-refractivity contribution < 1.29 is 39.0 Å². The van der Waals surface area contributed by atoms with Gasteiger partial charge >= 0.3 is 0 Å². The highest BCUT2D eigenvalue weighted by atomic mass is 19.1. The van der Waals surface area contributed by atoms with Gasteiger partial charge in [0.1, 0.15) is 30.4 Å². The smallest absolute Gasteiger partial charge is 0.234 e. The van der Waals surface area contributed by atoms with Gasteiger partial charge in [0.05, 0.1) is 30.3 Å². The SMILES string of the molecule is CNC1C(O)C(NC)C2OC3(O)C(NC(O)CC(N)c4ccc(F)cc4)CC(C)OC3OC2C1O. The fraction of sp³-hybridized carbons (Fsp3) is 0.739. The third-order valence-electron chi connectivity index (χ3n) is 7.32. The van der Waals surface area contributed by atoms with Gasteiger partial charge in [-0.25, -0.2) is 4.39 Å². The normalized spacial score (nSPS) is 43.2. The van der Waals surface area contributed by atoms with Crippen LogP contribution < -0.4 is 21.7 Å². The molecule has 0 spiro atoms. The van der Waals surface area contributed by atoms with Crippen LogP contribution in [0.15, 0.2) is 24.3 Å². The summed E-state index contributed by atoms with van der Waals surface area (Å²) in [6, 6.07) is 2.97. The average Bonchev–Trinajstić information content (AvgIpc) is 2.80. The number of halogens is 1. The van der Waals surface area contributed by atoms with Crippen LogP contribution in [0, 0.1) is 5.82 Å². The van der Waals surface area contributed by atoms with Gasteiger partial charge in [-0.1, -0.05) is 12.1 Å². The molecule has 12 unspecified atom stereocenters. The number of rotatable bonds is 7. The molecule has 4 rings (SSSR count). The van der Waals surface area contributed by atoms with Crippen molar-refractivity contribution in [1.82, 2.24) is 16.0 Å². The number of hydrogen-bond donors (Lipinski definition) is 8. The summed E-state index contributed by atoms with van der Waals surface area (Å²) in [5.41, 5.74) is 6.85. The molecule has 0 amide bonds. The van der Waals surface area contributed by atoms with Gasteiger partial charge in [-0.15, -0.1) is 0 Å². The first kappa shape index (κ1) is 26.8. The second-order valence-corrected chi connectivity index (χ2v) is 9.69. The second-order valence-electron chi connectivity index (χ2n) is 9.69. The minimum Gasteiger partial charge on any atom is -0.390 e. The van der Waals surface area contributed by atoms with Gasteiger partial charge < -0.3 is 51.0 Å². The molecule has 198 valence electrons. The van der Waals surface area contributed by atoms with Gasteiger partial charge in [0.15, 0.2) is 0 Å². The van der Waals surface area contributed by atoms with E-state index >= 15 is 0 Å². The molecular formula is C23H37FN4O7. The van der Waals surface area contributed by atoms with Gasteiger partial charge in [0.25, 0.3) is 0 Å². The Morgan fingerprint density at radius 1 is 1.09 bits per heavy atom. The molecule has 0 radical (unpaired) electrons. The second kappa shape index (κ2) is 10.6. The van der Waals surface area contributed by atoms with E-state index < -0.39 is 66.9 Å². The Morgan fingerprint density at radius 2 is 1.74 bits per heavy atom. The number of benzene rings is 1. The Kier molecular flexibility index (Phi) is 8.10. The minimum absolute atomic E-state index is 0.0887. The van der Waals surface area contributed by atoms with Crippen molar-refractivity contribution in [3.05, 3.63) is 35.6 Å². The summed E-state index contributed by atoms with van der Waals surface area (Å²) < 4.78 is 31.2. The first-order valence-electron chi connectivity index (χ1n) is 12.0. The zero-order chi connectivity index (χ0) is 25.5. The van der Waals surface area contributed by atoms with Gasteiger partial charge in [-0.3, -0.25) is 5.32 Å². The Labute approximate surface area is 203 Å². The molecule has 3 aliphatic rings. The molecule has 2 heterocycles. The Morgan fingerprint density at radius 3 is 2.37 bits per heavy atom. The largest absolute Gasteiger partial charge is 0.390 e. The summed E-state index contributed by atoms with van der Waals surface area (Å²) >= 11 is 0. The van der Waals surface area contributed by atoms with E-state index in [2.05, 4.69) is 16.0 Å². The van der Waals surface area contributed by atoms with E-state index in [1.54, 1.807) is 33.2 Å². The molecule has 9 N–H and O–H groups in total. The van der Waals surface area contributed by atoms with Crippen molar-refractivity contribution in [2.75, 3.05) is 14.1 Å². The van der Waals surface area contributed by atoms with Crippen molar-refractivity contribution in [2.45, 2.75) is 92.8 Å². The fourth-order valence-corrected chi connectivity index (χ4v) is 5.43. The van der Waals surface area contributed by atoms with Crippen molar-refractivity contribution in [2.24, 2.45) is 5.73 Å². The monoisotopic (exact) mass is 500 g/mol. The van der Waals surface area contributed by atoms with E-state index in [-0.39, 0.29) is 24.8 Å². The standard InChI is InChI=1S/C23H37FN4O7/c1-10-8-14(28-15(29)9-13(25)11-4-6-12(24)7-5-11)23(32)22(33-10)34-21-19(31)16(26-2)18(30)17(27-3)20(21)35-23/h4-7,10,13-22,26-32H,8-9,25H2,1-3H3. The number of nitrogens with one attached hydrogen (secondary N) is 3. The van der Waals surface area contributed by atoms with Crippen LogP contribution in [0.2, 0.25) is 0 Å². The van der Waals surface area contributed by atoms with Gasteiger partial charge in [-0.05, 0) is 45.1 Å². The van der Waals surface area contributed by atoms with E-state index in [0.717, 1.165) is 0 Å². The van der Waals surface area contributed by atoms with Gasteiger partial charge in [-0.2, -0.15) is 0 Å². The molecule has 1 saturated carbocycles. The Balaban J connectivity index is 1.51. The summed E-state index contributed by atoms with van der Waals surface area (Å²) in [4.78, 5) is 0. The molecule has 1 aromatic rings. The molecule has 2 saturated heterocycles. The lowest BCUT2D eigenvalue weighted by molar-refractivity contribution is -0.450. The number of fused-ring (bicyclic) bond motifs is 2. The predicted octanol–water partition coefficient (Wildman–Crippen LogP) is -1.99. The first-order chi connectivity index (χ1) is 16.6. The highest BCUT2D eigenvalue weighted by molar-refractivity contribution is 5.19. The summed E-state index contributed by atoms with van der Waals surface area (Å²) in [5.74, 6) is -2.40. The number of ether oxygens (including phenoxy) is 3. The maximum absolute atomic E-state index is 13.2. The van der Waals surface area contributed by atoms with Crippen LogP contribution in [0.1, 0.15) is 31.4 Å².